The highest BCUT2D eigenvalue weighted by molar-refractivity contribution is 5.76. The largest absolute Gasteiger partial charge is 0.384 e. The zero-order chi connectivity index (χ0) is 11.5. The van der Waals surface area contributed by atoms with Gasteiger partial charge in [-0.25, -0.2) is 0 Å². The molecule has 0 bridgehead atoms. The van der Waals surface area contributed by atoms with Gasteiger partial charge < -0.3 is 14.2 Å². The van der Waals surface area contributed by atoms with Crippen molar-refractivity contribution in [1.29, 1.82) is 0 Å². The summed E-state index contributed by atoms with van der Waals surface area (Å²) >= 11 is 0. The summed E-state index contributed by atoms with van der Waals surface area (Å²) in [5.41, 5.74) is 2.11. The highest BCUT2D eigenvalue weighted by atomic mass is 16.5. The number of amides is 1. The van der Waals surface area contributed by atoms with Crippen LogP contribution < -0.4 is 0 Å². The topological polar surface area (TPSA) is 55.6 Å². The average molecular weight is 224 g/mol. The minimum Gasteiger partial charge on any atom is -0.384 e. The zero-order valence-electron chi connectivity index (χ0n) is 9.65. The quantitative estimate of drug-likeness (QED) is 0.765. The van der Waals surface area contributed by atoms with Crippen LogP contribution in [0.15, 0.2) is 4.52 Å². The number of aromatic nitrogens is 1. The van der Waals surface area contributed by atoms with Gasteiger partial charge in [-0.15, -0.1) is 0 Å². The van der Waals surface area contributed by atoms with Crippen LogP contribution in [-0.4, -0.2) is 36.2 Å². The van der Waals surface area contributed by atoms with E-state index in [0.29, 0.717) is 19.6 Å². The predicted molar refractivity (Wildman–Crippen MR) is 56.9 cm³/mol. The fourth-order valence-electron chi connectivity index (χ4n) is 1.94. The number of carbonyl (C=O) groups is 1. The Hall–Kier alpha value is -1.36. The molecule has 1 aromatic rings. The summed E-state index contributed by atoms with van der Waals surface area (Å²) in [6.07, 6.45) is 1.27. The van der Waals surface area contributed by atoms with Gasteiger partial charge in [0.15, 0.2) is 5.76 Å². The average Bonchev–Trinajstić information content (AvgIpc) is 2.67. The van der Waals surface area contributed by atoms with E-state index in [1.165, 1.54) is 0 Å². The molecule has 5 heteroatoms. The van der Waals surface area contributed by atoms with Gasteiger partial charge in [0.1, 0.15) is 0 Å². The summed E-state index contributed by atoms with van der Waals surface area (Å²) in [7, 11) is 1.60. The number of nitrogens with zero attached hydrogens (tertiary/aromatic N) is 2. The van der Waals surface area contributed by atoms with Gasteiger partial charge in [0.05, 0.1) is 25.3 Å². The fourth-order valence-corrected chi connectivity index (χ4v) is 1.94. The van der Waals surface area contributed by atoms with E-state index in [4.69, 9.17) is 9.26 Å². The van der Waals surface area contributed by atoms with Crippen LogP contribution in [0.4, 0.5) is 0 Å². The molecular weight excluding hydrogens is 208 g/mol. The molecule has 1 amide bonds. The molecule has 0 saturated carbocycles. The second kappa shape index (κ2) is 4.65. The lowest BCUT2D eigenvalue weighted by atomic mass is 10.1. The van der Waals surface area contributed by atoms with Crippen LogP contribution >= 0.6 is 0 Å². The number of aryl methyl sites for hydroxylation is 1. The Morgan fingerprint density at radius 2 is 2.44 bits per heavy atom. The molecule has 0 atom stereocenters. The number of ether oxygens (including phenoxy) is 1. The summed E-state index contributed by atoms with van der Waals surface area (Å²) in [5, 5.41) is 3.92. The molecule has 0 saturated heterocycles. The van der Waals surface area contributed by atoms with Crippen molar-refractivity contribution < 1.29 is 14.1 Å². The number of carbonyl (C=O) groups excluding carboxylic acids is 1. The van der Waals surface area contributed by atoms with Gasteiger partial charge in [-0.1, -0.05) is 5.16 Å². The van der Waals surface area contributed by atoms with Crippen molar-refractivity contribution in [2.24, 2.45) is 0 Å². The predicted octanol–water partition coefficient (Wildman–Crippen LogP) is 0.904. The van der Waals surface area contributed by atoms with Crippen molar-refractivity contribution in [2.75, 3.05) is 20.3 Å². The first-order chi connectivity index (χ1) is 7.72. The molecule has 0 N–H and O–H groups in total. The maximum Gasteiger partial charge on any atom is 0.225 e. The lowest BCUT2D eigenvalue weighted by Gasteiger charge is -2.25. The highest BCUT2D eigenvalue weighted by Crippen LogP contribution is 2.21. The van der Waals surface area contributed by atoms with Gasteiger partial charge in [0, 0.05) is 19.2 Å². The SMILES string of the molecule is COCCC(=O)N1CCc2c(C)noc2C1. The van der Waals surface area contributed by atoms with E-state index in [1.54, 1.807) is 12.0 Å². The van der Waals surface area contributed by atoms with Gasteiger partial charge in [0.25, 0.3) is 0 Å². The lowest BCUT2D eigenvalue weighted by molar-refractivity contribution is -0.133. The molecule has 0 aliphatic carbocycles. The molecule has 1 aromatic heterocycles. The molecule has 16 heavy (non-hydrogen) atoms. The van der Waals surface area contributed by atoms with E-state index in [-0.39, 0.29) is 5.91 Å². The monoisotopic (exact) mass is 224 g/mol. The molecule has 1 aliphatic heterocycles. The Kier molecular flexibility index (Phi) is 3.24. The van der Waals surface area contributed by atoms with E-state index in [1.807, 2.05) is 6.92 Å². The van der Waals surface area contributed by atoms with E-state index < -0.39 is 0 Å². The molecule has 2 rings (SSSR count). The molecule has 0 unspecified atom stereocenters. The molecule has 0 radical (unpaired) electrons. The minimum atomic E-state index is 0.113. The van der Waals surface area contributed by atoms with Gasteiger partial charge in [-0.05, 0) is 13.3 Å². The maximum absolute atomic E-state index is 11.8. The second-order valence-corrected chi connectivity index (χ2v) is 3.98. The van der Waals surface area contributed by atoms with Crippen molar-refractivity contribution in [3.8, 4) is 0 Å². The zero-order valence-corrected chi connectivity index (χ0v) is 9.65. The Morgan fingerprint density at radius 1 is 1.62 bits per heavy atom. The van der Waals surface area contributed by atoms with Crippen LogP contribution in [0.25, 0.3) is 0 Å². The summed E-state index contributed by atoms with van der Waals surface area (Å²) in [6, 6.07) is 0. The van der Waals surface area contributed by atoms with Crippen molar-refractivity contribution in [3.63, 3.8) is 0 Å². The molecule has 5 nitrogen and oxygen atoms in total. The highest BCUT2D eigenvalue weighted by Gasteiger charge is 2.25. The van der Waals surface area contributed by atoms with Gasteiger partial charge >= 0.3 is 0 Å². The Bertz CT molecular complexity index is 387. The first-order valence-electron chi connectivity index (χ1n) is 5.43. The molecule has 0 aromatic carbocycles. The molecule has 2 heterocycles. The van der Waals surface area contributed by atoms with Crippen molar-refractivity contribution >= 4 is 5.91 Å². The van der Waals surface area contributed by atoms with Gasteiger partial charge in [0.2, 0.25) is 5.91 Å². The third kappa shape index (κ3) is 2.09. The van der Waals surface area contributed by atoms with E-state index in [9.17, 15) is 4.79 Å². The minimum absolute atomic E-state index is 0.113. The van der Waals surface area contributed by atoms with Crippen LogP contribution in [-0.2, 0) is 22.5 Å². The summed E-state index contributed by atoms with van der Waals surface area (Å²) < 4.78 is 10.1. The van der Waals surface area contributed by atoms with Gasteiger partial charge in [-0.3, -0.25) is 4.79 Å². The third-order valence-corrected chi connectivity index (χ3v) is 2.91. The second-order valence-electron chi connectivity index (χ2n) is 3.98. The van der Waals surface area contributed by atoms with Crippen LogP contribution in [0.2, 0.25) is 0 Å². The van der Waals surface area contributed by atoms with Crippen LogP contribution in [0.5, 0.6) is 0 Å². The molecule has 1 aliphatic rings. The van der Waals surface area contributed by atoms with Crippen LogP contribution in [0.3, 0.4) is 0 Å². The van der Waals surface area contributed by atoms with Crippen molar-refractivity contribution in [2.45, 2.75) is 26.3 Å². The Balaban J connectivity index is 2.00. The lowest BCUT2D eigenvalue weighted by Crippen LogP contribution is -2.36. The fraction of sp³-hybridized carbons (Fsp3) is 0.636. The third-order valence-electron chi connectivity index (χ3n) is 2.91. The first-order valence-corrected chi connectivity index (χ1v) is 5.43. The molecule has 0 spiro atoms. The summed E-state index contributed by atoms with van der Waals surface area (Å²) in [4.78, 5) is 13.6. The number of hydrogen-bond acceptors (Lipinski definition) is 4. The van der Waals surface area contributed by atoms with E-state index >= 15 is 0 Å². The summed E-state index contributed by atoms with van der Waals surface area (Å²) in [5.74, 6) is 0.941. The van der Waals surface area contributed by atoms with Gasteiger partial charge in [-0.2, -0.15) is 0 Å². The van der Waals surface area contributed by atoms with Crippen molar-refractivity contribution in [3.05, 3.63) is 17.0 Å². The first kappa shape index (κ1) is 11.1. The van der Waals surface area contributed by atoms with Crippen LogP contribution in [0.1, 0.15) is 23.4 Å². The smallest absolute Gasteiger partial charge is 0.225 e. The normalized spacial score (nSPS) is 15.0. The van der Waals surface area contributed by atoms with E-state index in [2.05, 4.69) is 5.16 Å². The Labute approximate surface area is 94.3 Å². The standard InChI is InChI=1S/C11H16N2O3/c1-8-9-3-5-13(7-10(9)16-12-8)11(14)4-6-15-2/h3-7H2,1-2H3. The van der Waals surface area contributed by atoms with Crippen LogP contribution in [0, 0.1) is 6.92 Å². The molecule has 88 valence electrons. The van der Waals surface area contributed by atoms with Crippen molar-refractivity contribution in [1.82, 2.24) is 10.1 Å². The molecular formula is C11H16N2O3. The number of methoxy groups -OCH3 is 1. The number of fused-ring (bicyclic) bond motifs is 1. The number of rotatable bonds is 3. The maximum atomic E-state index is 11.8. The molecule has 0 fully saturated rings. The Morgan fingerprint density at radius 3 is 3.19 bits per heavy atom. The number of hydrogen-bond donors (Lipinski definition) is 0. The van der Waals surface area contributed by atoms with E-state index in [0.717, 1.165) is 30.0 Å². The summed E-state index contributed by atoms with van der Waals surface area (Å²) in [6.45, 7) is 3.69.